The first-order valence-corrected chi connectivity index (χ1v) is 6.09. The van der Waals surface area contributed by atoms with Crippen LogP contribution < -0.4 is 10.9 Å². The Labute approximate surface area is 99.6 Å². The van der Waals surface area contributed by atoms with Crippen LogP contribution in [0.1, 0.15) is 26.2 Å². The predicted octanol–water partition coefficient (Wildman–Crippen LogP) is 2.13. The van der Waals surface area contributed by atoms with Crippen LogP contribution in [0.5, 0.6) is 0 Å². The van der Waals surface area contributed by atoms with Gasteiger partial charge in [0.05, 0.1) is 11.9 Å². The molecule has 1 N–H and O–H groups in total. The molecule has 1 saturated carbocycles. The Balaban J connectivity index is 2.02. The highest BCUT2D eigenvalue weighted by Gasteiger charge is 2.20. The second kappa shape index (κ2) is 4.87. The summed E-state index contributed by atoms with van der Waals surface area (Å²) < 4.78 is 1.36. The zero-order valence-electron chi connectivity index (χ0n) is 9.37. The number of aromatic nitrogens is 2. The van der Waals surface area contributed by atoms with Crippen molar-refractivity contribution in [2.45, 2.75) is 32.7 Å². The second-order valence-electron chi connectivity index (χ2n) is 4.15. The highest BCUT2D eigenvalue weighted by molar-refractivity contribution is 6.32. The van der Waals surface area contributed by atoms with E-state index < -0.39 is 0 Å². The minimum atomic E-state index is -0.222. The molecular weight excluding hydrogens is 226 g/mol. The van der Waals surface area contributed by atoms with Gasteiger partial charge in [0.25, 0.3) is 5.56 Å². The average molecular weight is 242 g/mol. The minimum Gasteiger partial charge on any atom is -0.382 e. The molecule has 5 heteroatoms. The quantitative estimate of drug-likeness (QED) is 0.859. The molecule has 1 aromatic rings. The van der Waals surface area contributed by atoms with Crippen LogP contribution in [0.4, 0.5) is 5.69 Å². The number of anilines is 1. The molecule has 0 atom stereocenters. The Morgan fingerprint density at radius 1 is 1.62 bits per heavy atom. The third kappa shape index (κ3) is 2.55. The maximum absolute atomic E-state index is 11.7. The Kier molecular flexibility index (Phi) is 3.49. The maximum Gasteiger partial charge on any atom is 0.287 e. The predicted molar refractivity (Wildman–Crippen MR) is 65.0 cm³/mol. The van der Waals surface area contributed by atoms with E-state index in [0.717, 1.165) is 18.9 Å². The van der Waals surface area contributed by atoms with Gasteiger partial charge in [0.15, 0.2) is 0 Å². The molecule has 0 radical (unpaired) electrons. The van der Waals surface area contributed by atoms with E-state index >= 15 is 0 Å². The molecule has 1 aliphatic carbocycles. The lowest BCUT2D eigenvalue weighted by Crippen LogP contribution is -2.23. The van der Waals surface area contributed by atoms with Gasteiger partial charge in [0.1, 0.15) is 5.02 Å². The summed E-state index contributed by atoms with van der Waals surface area (Å²) in [6, 6.07) is 0. The van der Waals surface area contributed by atoms with Gasteiger partial charge in [0.2, 0.25) is 0 Å². The Bertz CT molecular complexity index is 426. The molecule has 0 bridgehead atoms. The summed E-state index contributed by atoms with van der Waals surface area (Å²) in [4.78, 5) is 11.7. The molecule has 1 aliphatic rings. The number of hydrogen-bond acceptors (Lipinski definition) is 3. The Hall–Kier alpha value is -1.03. The summed E-state index contributed by atoms with van der Waals surface area (Å²) in [5.41, 5.74) is 0.428. The molecule has 0 amide bonds. The van der Waals surface area contributed by atoms with Gasteiger partial charge in [-0.3, -0.25) is 4.79 Å². The van der Waals surface area contributed by atoms with Crippen molar-refractivity contribution in [3.63, 3.8) is 0 Å². The fraction of sp³-hybridized carbons (Fsp3) is 0.636. The Morgan fingerprint density at radius 3 is 3.00 bits per heavy atom. The number of rotatable bonds is 5. The Morgan fingerprint density at radius 2 is 2.38 bits per heavy atom. The lowest BCUT2D eigenvalue weighted by molar-refractivity contribution is 0.616. The van der Waals surface area contributed by atoms with Gasteiger partial charge in [0, 0.05) is 13.1 Å². The van der Waals surface area contributed by atoms with Gasteiger partial charge in [-0.1, -0.05) is 24.4 Å². The zero-order valence-corrected chi connectivity index (χ0v) is 10.1. The highest BCUT2D eigenvalue weighted by atomic mass is 35.5. The topological polar surface area (TPSA) is 46.9 Å². The summed E-state index contributed by atoms with van der Waals surface area (Å²) in [5.74, 6) is 0.871. The SMILES string of the molecule is CCn1ncc(NCCC2CC2)c(Cl)c1=O. The molecule has 2 rings (SSSR count). The van der Waals surface area contributed by atoms with Crippen LogP contribution in [0.3, 0.4) is 0 Å². The molecule has 16 heavy (non-hydrogen) atoms. The highest BCUT2D eigenvalue weighted by Crippen LogP contribution is 2.32. The molecule has 1 heterocycles. The normalized spacial score (nSPS) is 15.1. The van der Waals surface area contributed by atoms with Gasteiger partial charge < -0.3 is 5.32 Å². The van der Waals surface area contributed by atoms with E-state index in [2.05, 4.69) is 10.4 Å². The van der Waals surface area contributed by atoms with Crippen molar-refractivity contribution < 1.29 is 0 Å². The van der Waals surface area contributed by atoms with Gasteiger partial charge in [-0.25, -0.2) is 4.68 Å². The fourth-order valence-electron chi connectivity index (χ4n) is 1.63. The largest absolute Gasteiger partial charge is 0.382 e. The van der Waals surface area contributed by atoms with Crippen LogP contribution in [0.2, 0.25) is 5.02 Å². The minimum absolute atomic E-state index is 0.222. The molecule has 0 unspecified atom stereocenters. The summed E-state index contributed by atoms with van der Waals surface area (Å²) >= 11 is 5.97. The monoisotopic (exact) mass is 241 g/mol. The van der Waals surface area contributed by atoms with Crippen LogP contribution in [-0.2, 0) is 6.54 Å². The molecular formula is C11H16ClN3O. The molecule has 0 spiro atoms. The number of nitrogens with zero attached hydrogens (tertiary/aromatic N) is 2. The maximum atomic E-state index is 11.7. The van der Waals surface area contributed by atoms with Crippen molar-refractivity contribution in [1.29, 1.82) is 0 Å². The van der Waals surface area contributed by atoms with Crippen LogP contribution >= 0.6 is 11.6 Å². The molecule has 1 aromatic heterocycles. The fourth-order valence-corrected chi connectivity index (χ4v) is 1.84. The summed E-state index contributed by atoms with van der Waals surface area (Å²) in [7, 11) is 0. The van der Waals surface area contributed by atoms with E-state index in [1.54, 1.807) is 6.20 Å². The number of aryl methyl sites for hydroxylation is 1. The second-order valence-corrected chi connectivity index (χ2v) is 4.53. The first-order chi connectivity index (χ1) is 7.72. The van der Waals surface area contributed by atoms with Gasteiger partial charge in [-0.2, -0.15) is 5.10 Å². The number of halogens is 1. The summed E-state index contributed by atoms with van der Waals surface area (Å²) in [6.07, 6.45) is 5.45. The van der Waals surface area contributed by atoms with E-state index in [0.29, 0.717) is 12.2 Å². The third-order valence-electron chi connectivity index (χ3n) is 2.85. The smallest absolute Gasteiger partial charge is 0.287 e. The molecule has 1 fully saturated rings. The molecule has 0 aromatic carbocycles. The lowest BCUT2D eigenvalue weighted by atomic mass is 10.3. The standard InChI is InChI=1S/C11H16ClN3O/c1-2-15-11(16)10(12)9(7-14-15)13-6-5-8-3-4-8/h7-8,13H,2-6H2,1H3. The van der Waals surface area contributed by atoms with Crippen molar-refractivity contribution in [3.05, 3.63) is 21.6 Å². The van der Waals surface area contributed by atoms with Crippen LogP contribution in [-0.4, -0.2) is 16.3 Å². The van der Waals surface area contributed by atoms with Crippen molar-refractivity contribution in [1.82, 2.24) is 9.78 Å². The molecule has 0 saturated heterocycles. The van der Waals surface area contributed by atoms with Gasteiger partial charge >= 0.3 is 0 Å². The van der Waals surface area contributed by atoms with Crippen molar-refractivity contribution >= 4 is 17.3 Å². The molecule has 4 nitrogen and oxygen atoms in total. The van der Waals surface area contributed by atoms with Crippen molar-refractivity contribution in [3.8, 4) is 0 Å². The first kappa shape index (κ1) is 11.5. The lowest BCUT2D eigenvalue weighted by Gasteiger charge is -2.08. The van der Waals surface area contributed by atoms with E-state index in [1.807, 2.05) is 6.92 Å². The van der Waals surface area contributed by atoms with E-state index in [-0.39, 0.29) is 10.6 Å². The first-order valence-electron chi connectivity index (χ1n) is 5.72. The van der Waals surface area contributed by atoms with Crippen molar-refractivity contribution in [2.75, 3.05) is 11.9 Å². The van der Waals surface area contributed by atoms with Crippen LogP contribution in [0.25, 0.3) is 0 Å². The van der Waals surface area contributed by atoms with Crippen LogP contribution in [0, 0.1) is 5.92 Å². The van der Waals surface area contributed by atoms with Gasteiger partial charge in [-0.05, 0) is 19.3 Å². The van der Waals surface area contributed by atoms with E-state index in [9.17, 15) is 4.79 Å². The van der Waals surface area contributed by atoms with Gasteiger partial charge in [-0.15, -0.1) is 0 Å². The molecule has 0 aliphatic heterocycles. The zero-order chi connectivity index (χ0) is 11.5. The number of hydrogen-bond donors (Lipinski definition) is 1. The average Bonchev–Trinajstić information content (AvgIpc) is 3.08. The van der Waals surface area contributed by atoms with Crippen molar-refractivity contribution in [2.24, 2.45) is 5.92 Å². The van der Waals surface area contributed by atoms with Crippen LogP contribution in [0.15, 0.2) is 11.0 Å². The summed E-state index contributed by atoms with van der Waals surface area (Å²) in [6.45, 7) is 3.27. The summed E-state index contributed by atoms with van der Waals surface area (Å²) in [5, 5.41) is 7.44. The number of nitrogens with one attached hydrogen (secondary N) is 1. The van der Waals surface area contributed by atoms with E-state index in [4.69, 9.17) is 11.6 Å². The third-order valence-corrected chi connectivity index (χ3v) is 3.21. The van der Waals surface area contributed by atoms with E-state index in [1.165, 1.54) is 17.5 Å². The molecule has 88 valence electrons.